The quantitative estimate of drug-likeness (QED) is 0.713. The van der Waals surface area contributed by atoms with Crippen LogP contribution in [0.5, 0.6) is 0 Å². The van der Waals surface area contributed by atoms with E-state index >= 15 is 0 Å². The van der Waals surface area contributed by atoms with Crippen molar-refractivity contribution in [1.82, 2.24) is 14.8 Å². The molecule has 1 aliphatic heterocycles. The zero-order valence-corrected chi connectivity index (χ0v) is 15.1. The van der Waals surface area contributed by atoms with Gasteiger partial charge >= 0.3 is 0 Å². The van der Waals surface area contributed by atoms with Crippen molar-refractivity contribution in [3.63, 3.8) is 0 Å². The van der Waals surface area contributed by atoms with Gasteiger partial charge in [0.25, 0.3) is 5.95 Å². The van der Waals surface area contributed by atoms with Gasteiger partial charge in [0.15, 0.2) is 5.78 Å². The minimum absolute atomic E-state index is 0.0117. The Labute approximate surface area is 155 Å². The van der Waals surface area contributed by atoms with Gasteiger partial charge in [-0.15, -0.1) is 10.2 Å². The van der Waals surface area contributed by atoms with Crippen molar-refractivity contribution >= 4 is 29.0 Å². The Morgan fingerprint density at radius 3 is 2.54 bits per heavy atom. The summed E-state index contributed by atoms with van der Waals surface area (Å²) in [7, 11) is 0. The molecule has 1 aliphatic rings. The maximum Gasteiger partial charge on any atom is 0.252 e. The largest absolute Gasteiger partial charge is 0.298 e. The van der Waals surface area contributed by atoms with E-state index in [2.05, 4.69) is 10.2 Å². The number of hydrazone groups is 1. The monoisotopic (exact) mass is 365 g/mol. The molecule has 26 heavy (non-hydrogen) atoms. The van der Waals surface area contributed by atoms with Crippen molar-refractivity contribution in [3.8, 4) is 5.69 Å². The number of ketones is 1. The Balaban J connectivity index is 1.99. The summed E-state index contributed by atoms with van der Waals surface area (Å²) >= 11 is 6.04. The molecule has 1 aromatic heterocycles. The van der Waals surface area contributed by atoms with Crippen LogP contribution in [0.1, 0.15) is 23.9 Å². The number of anilines is 1. The fourth-order valence-corrected chi connectivity index (χ4v) is 3.15. The molecule has 0 saturated carbocycles. The van der Waals surface area contributed by atoms with E-state index in [1.165, 1.54) is 6.92 Å². The molecule has 7 heteroatoms. The van der Waals surface area contributed by atoms with Gasteiger partial charge in [-0.1, -0.05) is 41.9 Å². The summed E-state index contributed by atoms with van der Waals surface area (Å²) in [5.41, 5.74) is 3.52. The van der Waals surface area contributed by atoms with Gasteiger partial charge in [-0.25, -0.2) is 5.01 Å². The molecule has 0 bridgehead atoms. The first-order chi connectivity index (χ1) is 12.5. The molecule has 0 N–H and O–H groups in total. The molecule has 0 radical (unpaired) electrons. The van der Waals surface area contributed by atoms with E-state index in [4.69, 9.17) is 16.7 Å². The van der Waals surface area contributed by atoms with Crippen LogP contribution in [0, 0.1) is 6.92 Å². The van der Waals surface area contributed by atoms with Crippen molar-refractivity contribution in [3.05, 3.63) is 70.5 Å². The van der Waals surface area contributed by atoms with Gasteiger partial charge < -0.3 is 0 Å². The summed E-state index contributed by atoms with van der Waals surface area (Å²) in [6.07, 6.45) is 0. The van der Waals surface area contributed by atoms with Crippen LogP contribution >= 0.6 is 11.6 Å². The first-order valence-electron chi connectivity index (χ1n) is 8.18. The third-order valence-corrected chi connectivity index (χ3v) is 4.40. The Morgan fingerprint density at radius 1 is 1.08 bits per heavy atom. The Hall–Kier alpha value is -2.99. The summed E-state index contributed by atoms with van der Waals surface area (Å²) in [5.74, 6) is 1.24. The predicted octanol–water partition coefficient (Wildman–Crippen LogP) is 3.39. The van der Waals surface area contributed by atoms with E-state index < -0.39 is 0 Å². The van der Waals surface area contributed by atoms with Crippen LogP contribution < -0.4 is 5.01 Å². The highest BCUT2D eigenvalue weighted by Gasteiger charge is 2.26. The number of fused-ring (bicyclic) bond motifs is 3. The molecule has 0 spiro atoms. The SMILES string of the molecule is CC(=O)CN1N=C(c2ccc(Cl)cc2)c2ccccc2-n2c(C)nnc21. The molecule has 0 unspecified atom stereocenters. The van der Waals surface area contributed by atoms with Gasteiger partial charge in [0.2, 0.25) is 0 Å². The third kappa shape index (κ3) is 2.78. The molecule has 4 rings (SSSR count). The number of para-hydroxylation sites is 1. The van der Waals surface area contributed by atoms with Crippen LogP contribution in [0.2, 0.25) is 5.02 Å². The van der Waals surface area contributed by atoms with Crippen molar-refractivity contribution < 1.29 is 4.79 Å². The zero-order valence-electron chi connectivity index (χ0n) is 14.3. The van der Waals surface area contributed by atoms with Crippen molar-refractivity contribution in [2.24, 2.45) is 5.10 Å². The van der Waals surface area contributed by atoms with E-state index in [-0.39, 0.29) is 12.3 Å². The topological polar surface area (TPSA) is 63.4 Å². The van der Waals surface area contributed by atoms with Gasteiger partial charge in [0.1, 0.15) is 18.1 Å². The highest BCUT2D eigenvalue weighted by atomic mass is 35.5. The second-order valence-corrected chi connectivity index (χ2v) is 6.55. The molecular weight excluding hydrogens is 350 g/mol. The number of Topliss-reactive ketones (excluding diaryl/α,β-unsaturated/α-hetero) is 1. The number of rotatable bonds is 3. The highest BCUT2D eigenvalue weighted by molar-refractivity contribution is 6.30. The van der Waals surface area contributed by atoms with E-state index in [9.17, 15) is 4.79 Å². The third-order valence-electron chi connectivity index (χ3n) is 4.15. The minimum Gasteiger partial charge on any atom is -0.298 e. The van der Waals surface area contributed by atoms with Gasteiger partial charge in [0, 0.05) is 16.1 Å². The highest BCUT2D eigenvalue weighted by Crippen LogP contribution is 2.29. The molecule has 6 nitrogen and oxygen atoms in total. The van der Waals surface area contributed by atoms with Gasteiger partial charge in [0.05, 0.1) is 5.69 Å². The van der Waals surface area contributed by atoms with E-state index in [0.29, 0.717) is 11.0 Å². The van der Waals surface area contributed by atoms with Crippen LogP contribution in [-0.2, 0) is 4.79 Å². The first kappa shape index (κ1) is 16.5. The summed E-state index contributed by atoms with van der Waals surface area (Å²) in [6, 6.07) is 15.4. The molecule has 0 fully saturated rings. The Kier molecular flexibility index (Phi) is 4.05. The number of nitrogens with zero attached hydrogens (tertiary/aromatic N) is 5. The summed E-state index contributed by atoms with van der Waals surface area (Å²) in [5, 5.41) is 15.5. The predicted molar refractivity (Wildman–Crippen MR) is 101 cm³/mol. The van der Waals surface area contributed by atoms with E-state index in [0.717, 1.165) is 28.4 Å². The Morgan fingerprint density at radius 2 is 1.81 bits per heavy atom. The second-order valence-electron chi connectivity index (χ2n) is 6.11. The molecule has 0 atom stereocenters. The van der Waals surface area contributed by atoms with Crippen LogP contribution in [0.4, 0.5) is 5.95 Å². The first-order valence-corrected chi connectivity index (χ1v) is 8.55. The molecule has 130 valence electrons. The standard InChI is InChI=1S/C19H16ClN5O/c1-12(26)11-24-19-22-21-13(2)25(19)17-6-4-3-5-16(17)18(23-24)14-7-9-15(20)10-8-14/h3-10H,11H2,1-2H3. The average Bonchev–Trinajstić information content (AvgIpc) is 2.94. The smallest absolute Gasteiger partial charge is 0.252 e. The van der Waals surface area contributed by atoms with E-state index in [1.54, 1.807) is 5.01 Å². The molecule has 3 aromatic rings. The fourth-order valence-electron chi connectivity index (χ4n) is 3.03. The molecule has 0 aliphatic carbocycles. The average molecular weight is 366 g/mol. The molecule has 0 saturated heterocycles. The number of benzene rings is 2. The molecule has 0 amide bonds. The van der Waals surface area contributed by atoms with Gasteiger partial charge in [-0.3, -0.25) is 9.36 Å². The summed E-state index contributed by atoms with van der Waals surface area (Å²) < 4.78 is 1.92. The molecule has 2 heterocycles. The fraction of sp³-hybridized carbons (Fsp3) is 0.158. The maximum atomic E-state index is 11.8. The number of hydrogen-bond acceptors (Lipinski definition) is 5. The normalized spacial score (nSPS) is 12.9. The number of halogens is 1. The Bertz CT molecular complexity index is 1020. The molecular formula is C19H16ClN5O. The zero-order chi connectivity index (χ0) is 18.3. The number of carbonyl (C=O) groups is 1. The lowest BCUT2D eigenvalue weighted by atomic mass is 10.0. The van der Waals surface area contributed by atoms with Crippen molar-refractivity contribution in [2.75, 3.05) is 11.6 Å². The minimum atomic E-state index is -0.0117. The van der Waals surface area contributed by atoms with Crippen LogP contribution in [0.15, 0.2) is 53.6 Å². The van der Waals surface area contributed by atoms with Crippen LogP contribution in [0.25, 0.3) is 5.69 Å². The lowest BCUT2D eigenvalue weighted by Crippen LogP contribution is -2.26. The summed E-state index contributed by atoms with van der Waals surface area (Å²) in [4.78, 5) is 11.8. The van der Waals surface area contributed by atoms with Gasteiger partial charge in [-0.05, 0) is 32.0 Å². The van der Waals surface area contributed by atoms with Crippen molar-refractivity contribution in [1.29, 1.82) is 0 Å². The van der Waals surface area contributed by atoms with Crippen molar-refractivity contribution in [2.45, 2.75) is 13.8 Å². The molecule has 2 aromatic carbocycles. The van der Waals surface area contributed by atoms with Gasteiger partial charge in [-0.2, -0.15) is 5.10 Å². The number of aryl methyl sites for hydroxylation is 1. The van der Waals surface area contributed by atoms with Crippen LogP contribution in [0.3, 0.4) is 0 Å². The lowest BCUT2D eigenvalue weighted by Gasteiger charge is -2.16. The van der Waals surface area contributed by atoms with Crippen LogP contribution in [-0.4, -0.2) is 32.8 Å². The lowest BCUT2D eigenvalue weighted by molar-refractivity contribution is -0.115. The number of hydrogen-bond donors (Lipinski definition) is 0. The second kappa shape index (κ2) is 6.38. The maximum absolute atomic E-state index is 11.8. The number of carbonyl (C=O) groups excluding carboxylic acids is 1. The van der Waals surface area contributed by atoms with E-state index in [1.807, 2.05) is 60.0 Å². The number of aromatic nitrogens is 3. The summed E-state index contributed by atoms with van der Waals surface area (Å²) in [6.45, 7) is 3.53.